The van der Waals surface area contributed by atoms with Gasteiger partial charge in [-0.25, -0.2) is 8.42 Å². The molecule has 0 bridgehead atoms. The Morgan fingerprint density at radius 2 is 2.13 bits per heavy atom. The third-order valence-corrected chi connectivity index (χ3v) is 5.94. The van der Waals surface area contributed by atoms with Crippen LogP contribution in [-0.2, 0) is 24.2 Å². The number of hydrogen-bond acceptors (Lipinski definition) is 5. The van der Waals surface area contributed by atoms with Crippen molar-refractivity contribution >= 4 is 43.3 Å². The number of ether oxygens (including phenoxy) is 1. The molecule has 1 N–H and O–H groups in total. The van der Waals surface area contributed by atoms with Gasteiger partial charge >= 0.3 is 5.97 Å². The summed E-state index contributed by atoms with van der Waals surface area (Å²) in [6, 6.07) is 5.42. The van der Waals surface area contributed by atoms with Crippen LogP contribution in [-0.4, -0.2) is 38.4 Å². The van der Waals surface area contributed by atoms with E-state index in [1.165, 1.54) is 0 Å². The summed E-state index contributed by atoms with van der Waals surface area (Å²) in [7, 11) is -3.01. The van der Waals surface area contributed by atoms with Gasteiger partial charge in [-0.2, -0.15) is 0 Å². The van der Waals surface area contributed by atoms with E-state index >= 15 is 0 Å². The van der Waals surface area contributed by atoms with Crippen LogP contribution in [0.5, 0.6) is 0 Å². The molecule has 1 aliphatic heterocycles. The second kappa shape index (κ2) is 7.44. The molecule has 126 valence electrons. The van der Waals surface area contributed by atoms with E-state index in [4.69, 9.17) is 4.74 Å². The molecule has 0 aromatic heterocycles. The lowest BCUT2D eigenvalue weighted by Gasteiger charge is -2.10. The van der Waals surface area contributed by atoms with Crippen molar-refractivity contribution in [3.63, 3.8) is 0 Å². The molecule has 2 rings (SSSR count). The first-order valence-electron chi connectivity index (χ1n) is 7.17. The molecule has 0 unspecified atom stereocenters. The van der Waals surface area contributed by atoms with Gasteiger partial charge in [-0.15, -0.1) is 0 Å². The van der Waals surface area contributed by atoms with Gasteiger partial charge in [0.1, 0.15) is 0 Å². The van der Waals surface area contributed by atoms with Gasteiger partial charge in [-0.05, 0) is 43.0 Å². The van der Waals surface area contributed by atoms with E-state index in [-0.39, 0.29) is 30.5 Å². The average molecular weight is 404 g/mol. The van der Waals surface area contributed by atoms with E-state index in [1.54, 1.807) is 12.1 Å². The van der Waals surface area contributed by atoms with Gasteiger partial charge in [-0.3, -0.25) is 9.59 Å². The zero-order valence-electron chi connectivity index (χ0n) is 12.7. The Labute approximate surface area is 143 Å². The van der Waals surface area contributed by atoms with E-state index in [0.717, 1.165) is 10.0 Å². The molecule has 0 spiro atoms. The van der Waals surface area contributed by atoms with Crippen molar-refractivity contribution < 1.29 is 22.7 Å². The highest BCUT2D eigenvalue weighted by Crippen LogP contribution is 2.22. The molecule has 1 aliphatic rings. The molecule has 0 aliphatic carbocycles. The molecule has 1 heterocycles. The van der Waals surface area contributed by atoms with Crippen molar-refractivity contribution in [3.8, 4) is 0 Å². The van der Waals surface area contributed by atoms with Crippen molar-refractivity contribution in [2.75, 3.05) is 23.4 Å². The normalized spacial score (nSPS) is 19.3. The second-order valence-corrected chi connectivity index (χ2v) is 8.79. The smallest absolute Gasteiger partial charge is 0.306 e. The van der Waals surface area contributed by atoms with Crippen LogP contribution in [0.15, 0.2) is 22.7 Å². The zero-order chi connectivity index (χ0) is 17.0. The van der Waals surface area contributed by atoms with Crippen LogP contribution in [0.4, 0.5) is 5.69 Å². The van der Waals surface area contributed by atoms with Gasteiger partial charge < -0.3 is 10.1 Å². The summed E-state index contributed by atoms with van der Waals surface area (Å²) in [4.78, 5) is 23.5. The predicted octanol–water partition coefficient (Wildman–Crippen LogP) is 2.06. The summed E-state index contributed by atoms with van der Waals surface area (Å²) < 4.78 is 28.5. The molecule has 0 saturated carbocycles. The molecule has 1 fully saturated rings. The highest BCUT2D eigenvalue weighted by molar-refractivity contribution is 9.10. The topological polar surface area (TPSA) is 89.5 Å². The third kappa shape index (κ3) is 5.62. The van der Waals surface area contributed by atoms with Crippen LogP contribution in [0.2, 0.25) is 0 Å². The lowest BCUT2D eigenvalue weighted by molar-refractivity contribution is -0.148. The number of aryl methyl sites for hydroxylation is 1. The van der Waals surface area contributed by atoms with Crippen LogP contribution in [0.3, 0.4) is 0 Å². The molecular weight excluding hydrogens is 386 g/mol. The van der Waals surface area contributed by atoms with Gasteiger partial charge in [0.2, 0.25) is 0 Å². The van der Waals surface area contributed by atoms with E-state index in [1.807, 2.05) is 13.0 Å². The number of halogens is 1. The summed E-state index contributed by atoms with van der Waals surface area (Å²) in [5.74, 6) is -1.04. The van der Waals surface area contributed by atoms with E-state index in [2.05, 4.69) is 21.2 Å². The number of rotatable bonds is 5. The molecule has 1 atom stereocenters. The van der Waals surface area contributed by atoms with Gasteiger partial charge in [0.15, 0.2) is 16.4 Å². The Hall–Kier alpha value is -1.41. The minimum absolute atomic E-state index is 0.0202. The van der Waals surface area contributed by atoms with Crippen LogP contribution >= 0.6 is 15.9 Å². The number of sulfone groups is 1. The number of benzene rings is 1. The predicted molar refractivity (Wildman–Crippen MR) is 89.8 cm³/mol. The highest BCUT2D eigenvalue weighted by atomic mass is 79.9. The minimum Gasteiger partial charge on any atom is -0.456 e. The fraction of sp³-hybridized carbons (Fsp3) is 0.467. The third-order valence-electron chi connectivity index (χ3n) is 3.61. The lowest BCUT2D eigenvalue weighted by atomic mass is 10.1. The maximum Gasteiger partial charge on any atom is 0.306 e. The first kappa shape index (κ1) is 17.9. The zero-order valence-corrected chi connectivity index (χ0v) is 15.1. The number of esters is 1. The molecule has 1 saturated heterocycles. The maximum absolute atomic E-state index is 11.8. The summed E-state index contributed by atoms with van der Waals surface area (Å²) in [6.45, 7) is 1.47. The van der Waals surface area contributed by atoms with Gasteiger partial charge in [-0.1, -0.05) is 15.9 Å². The number of nitrogens with one attached hydrogen (secondary N) is 1. The first-order chi connectivity index (χ1) is 10.7. The molecule has 1 amide bonds. The van der Waals surface area contributed by atoms with E-state index in [9.17, 15) is 18.0 Å². The molecule has 23 heavy (non-hydrogen) atoms. The molecule has 1 aromatic carbocycles. The van der Waals surface area contributed by atoms with Crippen LogP contribution in [0.1, 0.15) is 18.4 Å². The summed E-state index contributed by atoms with van der Waals surface area (Å²) in [5.41, 5.74) is 1.53. The second-order valence-electron chi connectivity index (χ2n) is 5.64. The van der Waals surface area contributed by atoms with Crippen LogP contribution in [0, 0.1) is 12.8 Å². The fourth-order valence-electron chi connectivity index (χ4n) is 2.43. The Balaban J connectivity index is 1.77. The molecular formula is C15H18BrNO5S. The van der Waals surface area contributed by atoms with Crippen molar-refractivity contribution in [1.29, 1.82) is 0 Å². The van der Waals surface area contributed by atoms with Crippen LogP contribution < -0.4 is 5.32 Å². The molecule has 0 radical (unpaired) electrons. The number of carbonyl (C=O) groups excluding carboxylic acids is 2. The van der Waals surface area contributed by atoms with Crippen LogP contribution in [0.25, 0.3) is 0 Å². The Morgan fingerprint density at radius 3 is 2.74 bits per heavy atom. The largest absolute Gasteiger partial charge is 0.456 e. The average Bonchev–Trinajstić information content (AvgIpc) is 2.79. The summed E-state index contributed by atoms with van der Waals surface area (Å²) in [6.07, 6.45) is 0.505. The summed E-state index contributed by atoms with van der Waals surface area (Å²) in [5, 5.41) is 2.67. The van der Waals surface area contributed by atoms with Gasteiger partial charge in [0.25, 0.3) is 5.91 Å². The first-order valence-corrected chi connectivity index (χ1v) is 9.78. The van der Waals surface area contributed by atoms with E-state index < -0.39 is 21.7 Å². The molecule has 6 nitrogen and oxygen atoms in total. The van der Waals surface area contributed by atoms with Crippen molar-refractivity contribution in [2.24, 2.45) is 5.92 Å². The number of anilines is 1. The van der Waals surface area contributed by atoms with E-state index in [0.29, 0.717) is 12.1 Å². The molecule has 1 aromatic rings. The number of hydrogen-bond donors (Lipinski definition) is 1. The highest BCUT2D eigenvalue weighted by Gasteiger charge is 2.29. The lowest BCUT2D eigenvalue weighted by Crippen LogP contribution is -2.22. The van der Waals surface area contributed by atoms with Crippen molar-refractivity contribution in [3.05, 3.63) is 28.2 Å². The van der Waals surface area contributed by atoms with Gasteiger partial charge in [0.05, 0.1) is 11.5 Å². The monoisotopic (exact) mass is 403 g/mol. The van der Waals surface area contributed by atoms with Crippen molar-refractivity contribution in [1.82, 2.24) is 0 Å². The quantitative estimate of drug-likeness (QED) is 0.759. The van der Waals surface area contributed by atoms with Gasteiger partial charge in [0, 0.05) is 16.6 Å². The fourth-order valence-corrected chi connectivity index (χ4v) is 4.76. The Kier molecular flexibility index (Phi) is 5.80. The Morgan fingerprint density at radius 1 is 1.39 bits per heavy atom. The minimum atomic E-state index is -3.01. The SMILES string of the molecule is Cc1cc(Br)ccc1NC(=O)COC(=O)C[C@@H]1CCS(=O)(=O)C1. The number of carbonyl (C=O) groups is 2. The Bertz CT molecular complexity index is 717. The maximum atomic E-state index is 11.8. The number of amides is 1. The standard InChI is InChI=1S/C15H18BrNO5S/c1-10-6-12(16)2-3-13(10)17-14(18)8-22-15(19)7-11-4-5-23(20,21)9-11/h2-3,6,11H,4-5,7-9H2,1H3,(H,17,18)/t11-/m0/s1. The molecule has 8 heteroatoms. The summed E-state index contributed by atoms with van der Waals surface area (Å²) >= 11 is 3.34. The van der Waals surface area contributed by atoms with Crippen molar-refractivity contribution in [2.45, 2.75) is 19.8 Å².